The standard InChI is InChI=1S/C16H14O2/c1-18-15(12-13-8-4-2-5-9-13)16(17)14-10-6-3-7-11-14/h2-12H,1H3. The first-order valence-corrected chi connectivity index (χ1v) is 5.72. The molecule has 2 rings (SSSR count). The summed E-state index contributed by atoms with van der Waals surface area (Å²) in [7, 11) is 1.51. The maximum atomic E-state index is 12.2. The average Bonchev–Trinajstić information content (AvgIpc) is 2.46. The van der Waals surface area contributed by atoms with E-state index < -0.39 is 0 Å². The Kier molecular flexibility index (Phi) is 3.92. The zero-order valence-electron chi connectivity index (χ0n) is 10.2. The van der Waals surface area contributed by atoms with Crippen molar-refractivity contribution in [2.75, 3.05) is 7.11 Å². The van der Waals surface area contributed by atoms with Crippen molar-refractivity contribution in [3.05, 3.63) is 77.5 Å². The number of ether oxygens (including phenoxy) is 1. The molecule has 2 aromatic rings. The maximum absolute atomic E-state index is 12.2. The van der Waals surface area contributed by atoms with E-state index in [1.807, 2.05) is 48.5 Å². The molecule has 0 N–H and O–H groups in total. The fraction of sp³-hybridized carbons (Fsp3) is 0.0625. The van der Waals surface area contributed by atoms with Gasteiger partial charge in [-0.15, -0.1) is 0 Å². The van der Waals surface area contributed by atoms with Crippen LogP contribution in [0.1, 0.15) is 15.9 Å². The summed E-state index contributed by atoms with van der Waals surface area (Å²) in [6, 6.07) is 18.7. The number of rotatable bonds is 4. The molecule has 0 bridgehead atoms. The average molecular weight is 238 g/mol. The first-order chi connectivity index (χ1) is 8.81. The van der Waals surface area contributed by atoms with Gasteiger partial charge >= 0.3 is 0 Å². The van der Waals surface area contributed by atoms with Crippen LogP contribution in [-0.4, -0.2) is 12.9 Å². The Balaban J connectivity index is 2.30. The number of hydrogen-bond donors (Lipinski definition) is 0. The van der Waals surface area contributed by atoms with Crippen LogP contribution in [0.2, 0.25) is 0 Å². The summed E-state index contributed by atoms with van der Waals surface area (Å²) in [6.07, 6.45) is 1.75. The highest BCUT2D eigenvalue weighted by molar-refractivity contribution is 6.09. The molecule has 0 heterocycles. The summed E-state index contributed by atoms with van der Waals surface area (Å²) in [5, 5.41) is 0. The molecule has 18 heavy (non-hydrogen) atoms. The summed E-state index contributed by atoms with van der Waals surface area (Å²) in [5.41, 5.74) is 1.57. The van der Waals surface area contributed by atoms with Crippen molar-refractivity contribution in [1.29, 1.82) is 0 Å². The minimum atomic E-state index is -0.109. The highest BCUT2D eigenvalue weighted by atomic mass is 16.5. The molecule has 0 saturated carbocycles. The highest BCUT2D eigenvalue weighted by Crippen LogP contribution is 2.13. The lowest BCUT2D eigenvalue weighted by atomic mass is 10.1. The summed E-state index contributed by atoms with van der Waals surface area (Å²) in [6.45, 7) is 0. The molecule has 0 amide bonds. The third kappa shape index (κ3) is 2.86. The molecule has 0 unspecified atom stereocenters. The number of ketones is 1. The molecule has 2 aromatic carbocycles. The molecule has 0 spiro atoms. The van der Waals surface area contributed by atoms with E-state index in [9.17, 15) is 4.79 Å². The largest absolute Gasteiger partial charge is 0.493 e. The van der Waals surface area contributed by atoms with E-state index in [1.54, 1.807) is 18.2 Å². The van der Waals surface area contributed by atoms with E-state index in [4.69, 9.17) is 4.74 Å². The second kappa shape index (κ2) is 5.82. The van der Waals surface area contributed by atoms with Gasteiger partial charge in [0.15, 0.2) is 5.76 Å². The zero-order valence-corrected chi connectivity index (χ0v) is 10.2. The molecule has 0 atom stereocenters. The Morgan fingerprint density at radius 3 is 2.06 bits per heavy atom. The lowest BCUT2D eigenvalue weighted by Crippen LogP contribution is -2.04. The van der Waals surface area contributed by atoms with Crippen LogP contribution < -0.4 is 0 Å². The fourth-order valence-corrected chi connectivity index (χ4v) is 1.65. The van der Waals surface area contributed by atoms with Crippen LogP contribution in [-0.2, 0) is 4.74 Å². The Labute approximate surface area is 107 Å². The van der Waals surface area contributed by atoms with E-state index in [2.05, 4.69) is 0 Å². The van der Waals surface area contributed by atoms with Gasteiger partial charge in [-0.3, -0.25) is 4.79 Å². The number of carbonyl (C=O) groups excluding carboxylic acids is 1. The molecule has 0 aliphatic heterocycles. The summed E-state index contributed by atoms with van der Waals surface area (Å²) in [4.78, 5) is 12.2. The van der Waals surface area contributed by atoms with E-state index in [-0.39, 0.29) is 5.78 Å². The molecule has 0 saturated heterocycles. The zero-order chi connectivity index (χ0) is 12.8. The molecular weight excluding hydrogens is 224 g/mol. The smallest absolute Gasteiger partial charge is 0.227 e. The molecule has 2 nitrogen and oxygen atoms in total. The Morgan fingerprint density at radius 2 is 1.50 bits per heavy atom. The number of methoxy groups -OCH3 is 1. The Hall–Kier alpha value is -2.35. The normalized spacial score (nSPS) is 11.1. The van der Waals surface area contributed by atoms with Crippen molar-refractivity contribution >= 4 is 11.9 Å². The molecular formula is C16H14O2. The third-order valence-electron chi connectivity index (χ3n) is 2.58. The molecule has 0 radical (unpaired) electrons. The SMILES string of the molecule is COC(=Cc1ccccc1)C(=O)c1ccccc1. The topological polar surface area (TPSA) is 26.3 Å². The third-order valence-corrected chi connectivity index (χ3v) is 2.58. The lowest BCUT2D eigenvalue weighted by Gasteiger charge is -2.05. The van der Waals surface area contributed by atoms with Gasteiger partial charge in [0.25, 0.3) is 0 Å². The van der Waals surface area contributed by atoms with E-state index in [1.165, 1.54) is 7.11 Å². The number of hydrogen-bond acceptors (Lipinski definition) is 2. The number of benzene rings is 2. The van der Waals surface area contributed by atoms with Gasteiger partial charge in [0.2, 0.25) is 5.78 Å². The number of carbonyl (C=O) groups is 1. The van der Waals surface area contributed by atoms with Crippen molar-refractivity contribution in [1.82, 2.24) is 0 Å². The van der Waals surface area contributed by atoms with Crippen LogP contribution in [0.3, 0.4) is 0 Å². The summed E-state index contributed by atoms with van der Waals surface area (Å²) in [5.74, 6) is 0.231. The fourth-order valence-electron chi connectivity index (χ4n) is 1.65. The van der Waals surface area contributed by atoms with Gasteiger partial charge in [-0.1, -0.05) is 60.7 Å². The van der Waals surface area contributed by atoms with Crippen molar-refractivity contribution in [3.63, 3.8) is 0 Å². The number of allylic oxidation sites excluding steroid dienone is 1. The Morgan fingerprint density at radius 1 is 0.944 bits per heavy atom. The maximum Gasteiger partial charge on any atom is 0.227 e. The molecule has 90 valence electrons. The lowest BCUT2D eigenvalue weighted by molar-refractivity contribution is 0.0957. The molecule has 0 aliphatic rings. The molecule has 0 aliphatic carbocycles. The predicted octanol–water partition coefficient (Wildman–Crippen LogP) is 3.56. The van der Waals surface area contributed by atoms with Crippen LogP contribution >= 0.6 is 0 Å². The van der Waals surface area contributed by atoms with Gasteiger partial charge in [0, 0.05) is 5.56 Å². The van der Waals surface area contributed by atoms with E-state index in [0.717, 1.165) is 5.56 Å². The van der Waals surface area contributed by atoms with Gasteiger partial charge in [0.1, 0.15) is 0 Å². The van der Waals surface area contributed by atoms with E-state index >= 15 is 0 Å². The molecule has 0 aromatic heterocycles. The van der Waals surface area contributed by atoms with Crippen LogP contribution in [0.15, 0.2) is 66.4 Å². The van der Waals surface area contributed by atoms with Crippen LogP contribution in [0.4, 0.5) is 0 Å². The van der Waals surface area contributed by atoms with Crippen LogP contribution in [0.5, 0.6) is 0 Å². The van der Waals surface area contributed by atoms with Gasteiger partial charge in [-0.05, 0) is 11.6 Å². The second-order valence-corrected chi connectivity index (χ2v) is 3.82. The van der Waals surface area contributed by atoms with Gasteiger partial charge in [0.05, 0.1) is 7.11 Å². The minimum Gasteiger partial charge on any atom is -0.493 e. The summed E-state index contributed by atoms with van der Waals surface area (Å²) < 4.78 is 5.18. The van der Waals surface area contributed by atoms with Gasteiger partial charge in [-0.25, -0.2) is 0 Å². The van der Waals surface area contributed by atoms with E-state index in [0.29, 0.717) is 11.3 Å². The Bertz CT molecular complexity index is 542. The summed E-state index contributed by atoms with van der Waals surface area (Å²) >= 11 is 0. The van der Waals surface area contributed by atoms with Crippen molar-refractivity contribution < 1.29 is 9.53 Å². The first-order valence-electron chi connectivity index (χ1n) is 5.72. The van der Waals surface area contributed by atoms with Crippen molar-refractivity contribution in [2.45, 2.75) is 0 Å². The number of Topliss-reactive ketones (excluding diaryl/α,β-unsaturated/α-hetero) is 1. The van der Waals surface area contributed by atoms with Gasteiger partial charge < -0.3 is 4.74 Å². The van der Waals surface area contributed by atoms with Crippen molar-refractivity contribution in [3.8, 4) is 0 Å². The van der Waals surface area contributed by atoms with Crippen LogP contribution in [0.25, 0.3) is 6.08 Å². The minimum absolute atomic E-state index is 0.109. The predicted molar refractivity (Wildman–Crippen MR) is 72.2 cm³/mol. The quantitative estimate of drug-likeness (QED) is 0.462. The monoisotopic (exact) mass is 238 g/mol. The second-order valence-electron chi connectivity index (χ2n) is 3.82. The molecule has 0 fully saturated rings. The highest BCUT2D eigenvalue weighted by Gasteiger charge is 2.11. The van der Waals surface area contributed by atoms with Crippen molar-refractivity contribution in [2.24, 2.45) is 0 Å². The van der Waals surface area contributed by atoms with Crippen LogP contribution in [0, 0.1) is 0 Å². The molecule has 2 heteroatoms. The first kappa shape index (κ1) is 12.1. The van der Waals surface area contributed by atoms with Gasteiger partial charge in [-0.2, -0.15) is 0 Å².